The molecule has 0 spiro atoms. The first-order valence-electron chi connectivity index (χ1n) is 9.40. The van der Waals surface area contributed by atoms with E-state index >= 15 is 0 Å². The zero-order valence-corrected chi connectivity index (χ0v) is 19.1. The van der Waals surface area contributed by atoms with E-state index in [4.69, 9.17) is 21.1 Å². The number of nitro benzene ring substituents is 1. The molecule has 1 aromatic heterocycles. The molecule has 12 heteroatoms. The molecule has 10 nitrogen and oxygen atoms in total. The van der Waals surface area contributed by atoms with Crippen LogP contribution in [0.15, 0.2) is 41.6 Å². The average Bonchev–Trinajstić information content (AvgIpc) is 3.21. The lowest BCUT2D eigenvalue weighted by Crippen LogP contribution is -2.15. The third kappa shape index (κ3) is 5.11. The first-order valence-corrected chi connectivity index (χ1v) is 10.8. The number of rotatable bonds is 9. The largest absolute Gasteiger partial charge is 0.493 e. The van der Waals surface area contributed by atoms with Gasteiger partial charge in [0.25, 0.3) is 5.69 Å². The summed E-state index contributed by atoms with van der Waals surface area (Å²) in [5.41, 5.74) is 0.800. The molecule has 0 aliphatic rings. The van der Waals surface area contributed by atoms with E-state index in [1.165, 1.54) is 30.0 Å². The minimum absolute atomic E-state index is 0.0170. The zero-order chi connectivity index (χ0) is 23.3. The predicted octanol–water partition coefficient (Wildman–Crippen LogP) is 4.27. The van der Waals surface area contributed by atoms with Crippen LogP contribution in [-0.4, -0.2) is 45.6 Å². The fraction of sp³-hybridized carbons (Fsp3) is 0.250. The van der Waals surface area contributed by atoms with Gasteiger partial charge in [0, 0.05) is 24.2 Å². The van der Waals surface area contributed by atoms with Crippen LogP contribution in [0, 0.1) is 10.1 Å². The molecule has 32 heavy (non-hydrogen) atoms. The topological polar surface area (TPSA) is 121 Å². The fourth-order valence-electron chi connectivity index (χ4n) is 2.91. The normalized spacial score (nSPS) is 10.6. The quantitative estimate of drug-likeness (QED) is 0.275. The maximum absolute atomic E-state index is 12.4. The number of non-ortho nitro benzene ring substituents is 1. The van der Waals surface area contributed by atoms with Crippen LogP contribution >= 0.6 is 23.4 Å². The van der Waals surface area contributed by atoms with Gasteiger partial charge in [-0.25, -0.2) is 0 Å². The van der Waals surface area contributed by atoms with Crippen LogP contribution in [0.2, 0.25) is 5.02 Å². The maximum Gasteiger partial charge on any atom is 0.271 e. The molecule has 0 fully saturated rings. The number of nitrogens with zero attached hydrogens (tertiary/aromatic N) is 4. The van der Waals surface area contributed by atoms with E-state index in [0.717, 1.165) is 5.56 Å². The Hall–Kier alpha value is -3.31. The number of ether oxygens (including phenoxy) is 2. The Balaban J connectivity index is 1.74. The number of nitrogens with one attached hydrogen (secondary N) is 1. The van der Waals surface area contributed by atoms with Crippen molar-refractivity contribution < 1.29 is 19.2 Å². The number of halogens is 1. The molecular weight excluding hydrogens is 458 g/mol. The van der Waals surface area contributed by atoms with E-state index in [9.17, 15) is 14.9 Å². The highest BCUT2D eigenvalue weighted by atomic mass is 35.5. The molecule has 0 bridgehead atoms. The van der Waals surface area contributed by atoms with Crippen LogP contribution in [0.3, 0.4) is 0 Å². The van der Waals surface area contributed by atoms with Crippen molar-refractivity contribution in [1.29, 1.82) is 0 Å². The molecule has 1 heterocycles. The Morgan fingerprint density at radius 3 is 2.59 bits per heavy atom. The third-order valence-electron chi connectivity index (χ3n) is 4.44. The molecule has 0 aliphatic heterocycles. The Morgan fingerprint density at radius 1 is 1.19 bits per heavy atom. The lowest BCUT2D eigenvalue weighted by Gasteiger charge is -2.11. The Labute approximate surface area is 193 Å². The van der Waals surface area contributed by atoms with Crippen molar-refractivity contribution in [3.63, 3.8) is 0 Å². The van der Waals surface area contributed by atoms with Crippen LogP contribution in [0.25, 0.3) is 11.4 Å². The third-order valence-corrected chi connectivity index (χ3v) is 5.74. The van der Waals surface area contributed by atoms with Crippen molar-refractivity contribution in [2.45, 2.75) is 18.6 Å². The lowest BCUT2D eigenvalue weighted by molar-refractivity contribution is -0.384. The number of carbonyl (C=O) groups is 1. The van der Waals surface area contributed by atoms with Crippen LogP contribution in [0.1, 0.15) is 6.92 Å². The summed E-state index contributed by atoms with van der Waals surface area (Å²) >= 11 is 7.23. The summed E-state index contributed by atoms with van der Waals surface area (Å²) in [6.45, 7) is 2.53. The number of aromatic nitrogens is 3. The summed E-state index contributed by atoms with van der Waals surface area (Å²) in [7, 11) is 3.12. The van der Waals surface area contributed by atoms with Gasteiger partial charge in [-0.15, -0.1) is 10.2 Å². The molecule has 0 saturated carbocycles. The van der Waals surface area contributed by atoms with Crippen LogP contribution in [-0.2, 0) is 11.3 Å². The van der Waals surface area contributed by atoms with Gasteiger partial charge < -0.3 is 19.4 Å². The highest BCUT2D eigenvalue weighted by molar-refractivity contribution is 7.99. The van der Waals surface area contributed by atoms with Gasteiger partial charge in [0.05, 0.1) is 35.6 Å². The molecule has 168 valence electrons. The Bertz CT molecular complexity index is 1150. The molecule has 2 aromatic carbocycles. The summed E-state index contributed by atoms with van der Waals surface area (Å²) in [6.07, 6.45) is 0. The molecule has 0 radical (unpaired) electrons. The number of amides is 1. The molecular formula is C20H20ClN5O5S. The lowest BCUT2D eigenvalue weighted by atomic mass is 10.2. The van der Waals surface area contributed by atoms with Gasteiger partial charge in [-0.1, -0.05) is 23.4 Å². The number of anilines is 1. The van der Waals surface area contributed by atoms with E-state index in [2.05, 4.69) is 15.5 Å². The van der Waals surface area contributed by atoms with Gasteiger partial charge in [0.1, 0.15) is 0 Å². The second kappa shape index (κ2) is 10.3. The standard InChI is InChI=1S/C20H20ClN5O5S/c1-4-25-19(12-5-8-16(30-2)17(9-12)31-3)23-24-20(25)32-11-18(27)22-15-10-13(26(28)29)6-7-14(15)21/h5-10H,4,11H2,1-3H3,(H,22,27). The minimum atomic E-state index is -0.555. The Kier molecular flexibility index (Phi) is 7.54. The number of hydrogen-bond acceptors (Lipinski definition) is 8. The number of hydrogen-bond donors (Lipinski definition) is 1. The number of nitro groups is 1. The van der Waals surface area contributed by atoms with Gasteiger partial charge in [-0.05, 0) is 31.2 Å². The van der Waals surface area contributed by atoms with Gasteiger partial charge in [-0.2, -0.15) is 0 Å². The fourth-order valence-corrected chi connectivity index (χ4v) is 3.88. The van der Waals surface area contributed by atoms with Crippen molar-refractivity contribution in [3.05, 3.63) is 51.5 Å². The first kappa shape index (κ1) is 23.4. The van der Waals surface area contributed by atoms with Crippen molar-refractivity contribution in [2.75, 3.05) is 25.3 Å². The number of benzene rings is 2. The van der Waals surface area contributed by atoms with Crippen LogP contribution in [0.4, 0.5) is 11.4 Å². The van der Waals surface area contributed by atoms with Gasteiger partial charge in [-0.3, -0.25) is 14.9 Å². The average molecular weight is 478 g/mol. The smallest absolute Gasteiger partial charge is 0.271 e. The monoisotopic (exact) mass is 477 g/mol. The molecule has 0 aliphatic carbocycles. The summed E-state index contributed by atoms with van der Waals surface area (Å²) in [4.78, 5) is 22.8. The van der Waals surface area contributed by atoms with Gasteiger partial charge in [0.2, 0.25) is 5.91 Å². The molecule has 1 amide bonds. The molecule has 0 saturated heterocycles. The SMILES string of the molecule is CCn1c(SCC(=O)Nc2cc([N+](=O)[O-])ccc2Cl)nnc1-c1ccc(OC)c(OC)c1. The van der Waals surface area contributed by atoms with E-state index in [1.807, 2.05) is 17.6 Å². The highest BCUT2D eigenvalue weighted by Crippen LogP contribution is 2.33. The number of methoxy groups -OCH3 is 2. The zero-order valence-electron chi connectivity index (χ0n) is 17.5. The minimum Gasteiger partial charge on any atom is -0.493 e. The van der Waals surface area contributed by atoms with Gasteiger partial charge in [0.15, 0.2) is 22.5 Å². The van der Waals surface area contributed by atoms with Gasteiger partial charge >= 0.3 is 0 Å². The van der Waals surface area contributed by atoms with Crippen molar-refractivity contribution in [1.82, 2.24) is 14.8 Å². The second-order valence-corrected chi connectivity index (χ2v) is 7.73. The molecule has 0 unspecified atom stereocenters. The maximum atomic E-state index is 12.4. The molecule has 3 aromatic rings. The van der Waals surface area contributed by atoms with Crippen LogP contribution < -0.4 is 14.8 Å². The summed E-state index contributed by atoms with van der Waals surface area (Å²) < 4.78 is 12.5. The van der Waals surface area contributed by atoms with Crippen molar-refractivity contribution in [2.24, 2.45) is 0 Å². The molecule has 0 atom stereocenters. The van der Waals surface area contributed by atoms with Crippen LogP contribution in [0.5, 0.6) is 11.5 Å². The van der Waals surface area contributed by atoms with E-state index in [-0.39, 0.29) is 28.1 Å². The Morgan fingerprint density at radius 2 is 1.94 bits per heavy atom. The molecule has 1 N–H and O–H groups in total. The van der Waals surface area contributed by atoms with E-state index in [0.29, 0.717) is 29.0 Å². The summed E-state index contributed by atoms with van der Waals surface area (Å²) in [5, 5.41) is 22.8. The summed E-state index contributed by atoms with van der Waals surface area (Å²) in [6, 6.07) is 9.29. The molecule has 3 rings (SSSR count). The van der Waals surface area contributed by atoms with Crippen molar-refractivity contribution >= 4 is 40.6 Å². The highest BCUT2D eigenvalue weighted by Gasteiger charge is 2.17. The van der Waals surface area contributed by atoms with Crippen molar-refractivity contribution in [3.8, 4) is 22.9 Å². The first-order chi connectivity index (χ1) is 15.4. The van der Waals surface area contributed by atoms with E-state index in [1.54, 1.807) is 26.4 Å². The van der Waals surface area contributed by atoms with E-state index < -0.39 is 4.92 Å². The number of thioether (sulfide) groups is 1. The number of carbonyl (C=O) groups excluding carboxylic acids is 1. The summed E-state index contributed by atoms with van der Waals surface area (Å²) in [5.74, 6) is 1.43. The second-order valence-electron chi connectivity index (χ2n) is 6.38. The predicted molar refractivity (Wildman–Crippen MR) is 122 cm³/mol.